The number of pyridine rings is 1. The number of ether oxygens (including phenoxy) is 1. The van der Waals surface area contributed by atoms with Crippen LogP contribution in [0.1, 0.15) is 43.2 Å². The molecule has 2 amide bonds. The van der Waals surface area contributed by atoms with Crippen LogP contribution in [0.25, 0.3) is 11.1 Å². The van der Waals surface area contributed by atoms with E-state index in [1.54, 1.807) is 20.8 Å². The summed E-state index contributed by atoms with van der Waals surface area (Å²) >= 11 is 0. The molecule has 3 rings (SSSR count). The number of hydrogen-bond acceptors (Lipinski definition) is 6. The molecule has 0 saturated carbocycles. The molecule has 0 radical (unpaired) electrons. The number of benzene rings is 2. The topological polar surface area (TPSA) is 121 Å². The van der Waals surface area contributed by atoms with Crippen molar-refractivity contribution in [1.29, 1.82) is 5.26 Å². The van der Waals surface area contributed by atoms with Gasteiger partial charge in [-0.3, -0.25) is 14.9 Å². The van der Waals surface area contributed by atoms with Crippen LogP contribution < -0.4 is 10.6 Å². The lowest BCUT2D eigenvalue weighted by Gasteiger charge is -2.21. The molecule has 8 nitrogen and oxygen atoms in total. The van der Waals surface area contributed by atoms with Crippen molar-refractivity contribution in [1.82, 2.24) is 4.98 Å². The predicted molar refractivity (Wildman–Crippen MR) is 128 cm³/mol. The van der Waals surface area contributed by atoms with Gasteiger partial charge in [-0.1, -0.05) is 6.07 Å². The van der Waals surface area contributed by atoms with Gasteiger partial charge in [-0.2, -0.15) is 5.26 Å². The predicted octanol–water partition coefficient (Wildman–Crippen LogP) is 5.46. The smallest absolute Gasteiger partial charge is 0.412 e. The highest BCUT2D eigenvalue weighted by molar-refractivity contribution is 6.12. The van der Waals surface area contributed by atoms with Gasteiger partial charge in [-0.25, -0.2) is 18.6 Å². The average molecular weight is 492 g/mol. The molecule has 0 saturated heterocycles. The molecule has 0 spiro atoms. The van der Waals surface area contributed by atoms with E-state index in [-0.39, 0.29) is 33.8 Å². The Bertz CT molecular complexity index is 1380. The summed E-state index contributed by atoms with van der Waals surface area (Å²) in [4.78, 5) is 41.3. The van der Waals surface area contributed by atoms with Crippen LogP contribution >= 0.6 is 0 Å². The van der Waals surface area contributed by atoms with Crippen LogP contribution in [0.5, 0.6) is 0 Å². The number of anilines is 2. The number of Topliss-reactive ketones (excluding diaryl/α,β-unsaturated/α-hetero) is 1. The first-order valence-corrected chi connectivity index (χ1v) is 10.7. The van der Waals surface area contributed by atoms with E-state index < -0.39 is 41.4 Å². The van der Waals surface area contributed by atoms with Crippen molar-refractivity contribution in [2.45, 2.75) is 32.8 Å². The number of aromatic nitrogens is 1. The molecular formula is C26H22F2N4O4. The van der Waals surface area contributed by atoms with Gasteiger partial charge in [0.1, 0.15) is 29.0 Å². The summed E-state index contributed by atoms with van der Waals surface area (Å²) in [6.07, 6.45) is -0.0843. The lowest BCUT2D eigenvalue weighted by molar-refractivity contribution is -0.115. The number of halogens is 2. The van der Waals surface area contributed by atoms with Crippen molar-refractivity contribution in [3.8, 4) is 17.2 Å². The number of carbonyl (C=O) groups excluding carboxylic acids is 3. The Balaban J connectivity index is 1.89. The van der Waals surface area contributed by atoms with Crippen LogP contribution in [0.15, 0.2) is 54.7 Å². The minimum Gasteiger partial charge on any atom is -0.444 e. The van der Waals surface area contributed by atoms with Crippen LogP contribution in [-0.2, 0) is 9.53 Å². The number of nitrogens with zero attached hydrogens (tertiary/aromatic N) is 2. The molecule has 2 aromatic carbocycles. The Morgan fingerprint density at radius 3 is 2.42 bits per heavy atom. The molecule has 36 heavy (non-hydrogen) atoms. The van der Waals surface area contributed by atoms with Crippen LogP contribution in [0, 0.1) is 23.0 Å². The van der Waals surface area contributed by atoms with E-state index >= 15 is 0 Å². The fourth-order valence-corrected chi connectivity index (χ4v) is 3.17. The monoisotopic (exact) mass is 492 g/mol. The Morgan fingerprint density at radius 1 is 1.00 bits per heavy atom. The summed E-state index contributed by atoms with van der Waals surface area (Å²) in [6.45, 7) is 5.04. The molecule has 0 unspecified atom stereocenters. The van der Waals surface area contributed by atoms with Crippen molar-refractivity contribution in [2.24, 2.45) is 0 Å². The maximum Gasteiger partial charge on any atom is 0.412 e. The third kappa shape index (κ3) is 6.93. The van der Waals surface area contributed by atoms with Crippen LogP contribution in [0.3, 0.4) is 0 Å². The number of hydrogen-bond donors (Lipinski definition) is 2. The molecule has 0 atom stereocenters. The van der Waals surface area contributed by atoms with Gasteiger partial charge in [0.05, 0.1) is 17.8 Å². The summed E-state index contributed by atoms with van der Waals surface area (Å²) in [5.74, 6) is -2.85. The summed E-state index contributed by atoms with van der Waals surface area (Å²) in [6, 6.07) is 11.8. The zero-order chi connectivity index (χ0) is 26.5. The van der Waals surface area contributed by atoms with E-state index in [0.29, 0.717) is 0 Å². The molecule has 1 aromatic heterocycles. The van der Waals surface area contributed by atoms with Crippen LogP contribution in [0.2, 0.25) is 0 Å². The van der Waals surface area contributed by atoms with Gasteiger partial charge < -0.3 is 10.1 Å². The third-order valence-electron chi connectivity index (χ3n) is 4.69. The van der Waals surface area contributed by atoms with Gasteiger partial charge in [0.15, 0.2) is 5.78 Å². The fraction of sp³-hybridized carbons (Fsp3) is 0.192. The second-order valence-corrected chi connectivity index (χ2v) is 8.70. The molecule has 0 bridgehead atoms. The minimum atomic E-state index is -0.818. The summed E-state index contributed by atoms with van der Waals surface area (Å²) < 4.78 is 33.0. The molecule has 1 heterocycles. The molecule has 0 aliphatic rings. The number of nitriles is 1. The second kappa shape index (κ2) is 10.7. The largest absolute Gasteiger partial charge is 0.444 e. The van der Waals surface area contributed by atoms with Gasteiger partial charge in [-0.05, 0) is 62.7 Å². The van der Waals surface area contributed by atoms with E-state index in [0.717, 1.165) is 12.1 Å². The van der Waals surface area contributed by atoms with E-state index in [2.05, 4.69) is 15.6 Å². The standard InChI is InChI=1S/C26H22F2N4O4/c1-26(2,3)36-25(35)32-21-7-4-15(19-6-5-17(27)12-20(19)28)11-22(21)31-24(34)13-23(33)16-8-9-30-18(10-16)14-29/h4-12H,13H2,1-3H3,(H,31,34)(H,32,35). The van der Waals surface area contributed by atoms with E-state index in [1.807, 2.05) is 6.07 Å². The van der Waals surface area contributed by atoms with Crippen molar-refractivity contribution < 1.29 is 27.9 Å². The Kier molecular flexibility index (Phi) is 7.74. The van der Waals surface area contributed by atoms with Crippen molar-refractivity contribution >= 4 is 29.2 Å². The van der Waals surface area contributed by atoms with Gasteiger partial charge in [0.25, 0.3) is 0 Å². The molecule has 0 fully saturated rings. The van der Waals surface area contributed by atoms with Gasteiger partial charge >= 0.3 is 6.09 Å². The van der Waals surface area contributed by atoms with Gasteiger partial charge in [0, 0.05) is 23.4 Å². The lowest BCUT2D eigenvalue weighted by atomic mass is 10.0. The number of rotatable bonds is 6. The fourth-order valence-electron chi connectivity index (χ4n) is 3.17. The first kappa shape index (κ1) is 26.0. The van der Waals surface area contributed by atoms with Crippen LogP contribution in [0.4, 0.5) is 25.0 Å². The average Bonchev–Trinajstić information content (AvgIpc) is 2.79. The summed E-state index contributed by atoms with van der Waals surface area (Å²) in [5, 5.41) is 14.0. The van der Waals surface area contributed by atoms with Crippen molar-refractivity contribution in [3.63, 3.8) is 0 Å². The first-order valence-electron chi connectivity index (χ1n) is 10.7. The number of amides is 2. The number of carbonyl (C=O) groups is 3. The molecule has 0 aliphatic carbocycles. The minimum absolute atomic E-state index is 0.0270. The highest BCUT2D eigenvalue weighted by Gasteiger charge is 2.20. The van der Waals surface area contributed by atoms with Gasteiger partial charge in [0.2, 0.25) is 5.91 Å². The maximum absolute atomic E-state index is 14.4. The van der Waals surface area contributed by atoms with E-state index in [4.69, 9.17) is 10.00 Å². The zero-order valence-electron chi connectivity index (χ0n) is 19.7. The SMILES string of the molecule is CC(C)(C)OC(=O)Nc1ccc(-c2ccc(F)cc2F)cc1NC(=O)CC(=O)c1ccnc(C#N)c1. The molecule has 3 aromatic rings. The molecule has 0 aliphatic heterocycles. The Labute approximate surface area is 205 Å². The van der Waals surface area contributed by atoms with E-state index in [9.17, 15) is 23.2 Å². The lowest BCUT2D eigenvalue weighted by Crippen LogP contribution is -2.27. The summed E-state index contributed by atoms with van der Waals surface area (Å²) in [5.41, 5.74) is -0.0853. The normalized spacial score (nSPS) is 10.8. The highest BCUT2D eigenvalue weighted by Crippen LogP contribution is 2.31. The maximum atomic E-state index is 14.4. The van der Waals surface area contributed by atoms with Crippen molar-refractivity contribution in [3.05, 3.63) is 77.6 Å². The molecule has 2 N–H and O–H groups in total. The van der Waals surface area contributed by atoms with Crippen molar-refractivity contribution in [2.75, 3.05) is 10.6 Å². The number of ketones is 1. The Hall–Kier alpha value is -4.65. The highest BCUT2D eigenvalue weighted by atomic mass is 19.1. The van der Waals surface area contributed by atoms with Crippen LogP contribution in [-0.4, -0.2) is 28.4 Å². The second-order valence-electron chi connectivity index (χ2n) is 8.70. The Morgan fingerprint density at radius 2 is 1.75 bits per heavy atom. The van der Waals surface area contributed by atoms with Gasteiger partial charge in [-0.15, -0.1) is 0 Å². The third-order valence-corrected chi connectivity index (χ3v) is 4.69. The van der Waals surface area contributed by atoms with E-state index in [1.165, 1.54) is 42.6 Å². The zero-order valence-corrected chi connectivity index (χ0v) is 19.7. The molecule has 184 valence electrons. The first-order chi connectivity index (χ1) is 16.9. The molecule has 10 heteroatoms. The quantitative estimate of drug-likeness (QED) is 0.348. The molecular weight excluding hydrogens is 470 g/mol. The number of nitrogens with one attached hydrogen (secondary N) is 2. The summed E-state index contributed by atoms with van der Waals surface area (Å²) in [7, 11) is 0.